The molecule has 0 saturated heterocycles. The number of hydrogen-bond donors (Lipinski definition) is 1. The number of ketones is 1. The molecule has 0 fully saturated rings. The van der Waals surface area contributed by atoms with E-state index in [2.05, 4.69) is 6.07 Å². The van der Waals surface area contributed by atoms with Gasteiger partial charge in [-0.25, -0.2) is 0 Å². The Labute approximate surface area is 150 Å². The molecular formula is C20H17N3OS. The molecule has 0 radical (unpaired) electrons. The number of rotatable bonds is 2. The molecule has 2 N–H and O–H groups in total. The number of carbonyl (C=O) groups excluding carboxylic acids is 1. The van der Waals surface area contributed by atoms with Crippen molar-refractivity contribution < 1.29 is 4.79 Å². The number of thiophene rings is 1. The van der Waals surface area contributed by atoms with E-state index >= 15 is 0 Å². The molecule has 2 aliphatic rings. The number of hydrogen-bond acceptors (Lipinski definition) is 5. The number of nitrogens with two attached hydrogens (primary N) is 1. The van der Waals surface area contributed by atoms with Crippen molar-refractivity contribution in [3.8, 4) is 6.07 Å². The van der Waals surface area contributed by atoms with Gasteiger partial charge in [-0.15, -0.1) is 0 Å². The van der Waals surface area contributed by atoms with Crippen molar-refractivity contribution in [3.63, 3.8) is 0 Å². The average Bonchev–Trinajstić information content (AvgIpc) is 3.16. The normalized spacial score (nSPS) is 20.5. The van der Waals surface area contributed by atoms with Crippen molar-refractivity contribution in [2.24, 2.45) is 5.73 Å². The monoisotopic (exact) mass is 347 g/mol. The van der Waals surface area contributed by atoms with Gasteiger partial charge in [-0.05, 0) is 47.4 Å². The van der Waals surface area contributed by atoms with E-state index in [1.807, 2.05) is 52.1 Å². The number of nitrogens with zero attached hydrogens (tertiary/aromatic N) is 2. The third-order valence-electron chi connectivity index (χ3n) is 4.80. The van der Waals surface area contributed by atoms with Gasteiger partial charge < -0.3 is 5.73 Å². The van der Waals surface area contributed by atoms with Crippen molar-refractivity contribution in [3.05, 3.63) is 75.4 Å². The van der Waals surface area contributed by atoms with Crippen molar-refractivity contribution >= 4 is 22.8 Å². The summed E-state index contributed by atoms with van der Waals surface area (Å²) >= 11 is 1.56. The minimum Gasteiger partial charge on any atom is -0.384 e. The highest BCUT2D eigenvalue weighted by Gasteiger charge is 2.40. The van der Waals surface area contributed by atoms with E-state index in [0.717, 1.165) is 35.4 Å². The van der Waals surface area contributed by atoms with Crippen LogP contribution in [0.3, 0.4) is 0 Å². The Morgan fingerprint density at radius 1 is 1.20 bits per heavy atom. The summed E-state index contributed by atoms with van der Waals surface area (Å²) in [6.45, 7) is 0. The van der Waals surface area contributed by atoms with Crippen LogP contribution in [-0.4, -0.2) is 5.78 Å². The smallest absolute Gasteiger partial charge is 0.161 e. The number of anilines is 1. The van der Waals surface area contributed by atoms with Crippen molar-refractivity contribution in [2.75, 3.05) is 4.90 Å². The molecule has 2 heterocycles. The van der Waals surface area contributed by atoms with E-state index in [9.17, 15) is 10.1 Å². The molecule has 1 aromatic carbocycles. The van der Waals surface area contributed by atoms with Gasteiger partial charge in [0.05, 0.1) is 17.6 Å². The molecule has 1 atom stereocenters. The maximum absolute atomic E-state index is 12.8. The Balaban J connectivity index is 1.98. The van der Waals surface area contributed by atoms with E-state index in [4.69, 9.17) is 5.73 Å². The minimum atomic E-state index is -0.348. The van der Waals surface area contributed by atoms with Gasteiger partial charge in [0.25, 0.3) is 0 Å². The molecule has 5 heteroatoms. The molecule has 0 saturated carbocycles. The second-order valence-corrected chi connectivity index (χ2v) is 6.99. The average molecular weight is 347 g/mol. The molecule has 2 aromatic rings. The lowest BCUT2D eigenvalue weighted by Crippen LogP contribution is -2.38. The van der Waals surface area contributed by atoms with Gasteiger partial charge in [0.1, 0.15) is 5.82 Å². The van der Waals surface area contributed by atoms with Gasteiger partial charge in [-0.1, -0.05) is 18.2 Å². The van der Waals surface area contributed by atoms with Crippen LogP contribution in [0.15, 0.2) is 69.8 Å². The third kappa shape index (κ3) is 2.46. The fraction of sp³-hybridized carbons (Fsp3) is 0.200. The molecule has 0 bridgehead atoms. The summed E-state index contributed by atoms with van der Waals surface area (Å²) in [7, 11) is 0. The predicted molar refractivity (Wildman–Crippen MR) is 98.7 cm³/mol. The Hall–Kier alpha value is -2.84. The molecular weight excluding hydrogens is 330 g/mol. The highest BCUT2D eigenvalue weighted by Crippen LogP contribution is 2.46. The minimum absolute atomic E-state index is 0.124. The van der Waals surface area contributed by atoms with E-state index in [-0.39, 0.29) is 11.7 Å². The van der Waals surface area contributed by atoms with Crippen LogP contribution in [0.25, 0.3) is 0 Å². The molecule has 25 heavy (non-hydrogen) atoms. The van der Waals surface area contributed by atoms with E-state index in [1.165, 1.54) is 0 Å². The van der Waals surface area contributed by atoms with Crippen LogP contribution in [0.2, 0.25) is 0 Å². The third-order valence-corrected chi connectivity index (χ3v) is 5.51. The summed E-state index contributed by atoms with van der Waals surface area (Å²) in [6.07, 6.45) is 2.13. The zero-order valence-electron chi connectivity index (χ0n) is 13.6. The van der Waals surface area contributed by atoms with Crippen LogP contribution in [-0.2, 0) is 4.79 Å². The van der Waals surface area contributed by atoms with Gasteiger partial charge in [-0.2, -0.15) is 16.6 Å². The molecule has 124 valence electrons. The van der Waals surface area contributed by atoms with Gasteiger partial charge in [0.15, 0.2) is 5.78 Å². The highest BCUT2D eigenvalue weighted by molar-refractivity contribution is 7.08. The number of Topliss-reactive ketones (excluding diaryl/α,β-unsaturated/α-hetero) is 1. The first-order valence-electron chi connectivity index (χ1n) is 8.25. The quantitative estimate of drug-likeness (QED) is 0.889. The second kappa shape index (κ2) is 6.23. The molecule has 4 nitrogen and oxygen atoms in total. The summed E-state index contributed by atoms with van der Waals surface area (Å²) in [5.74, 6) is 0.205. The molecule has 0 unspecified atom stereocenters. The standard InChI is InChI=1S/C20H17N3OS/c21-11-15-18(13-9-10-25-12-13)19-16(7-4-8-17(19)24)23(20(15)22)14-5-2-1-3-6-14/h1-3,5-6,9-10,12,18H,4,7-8,22H2/t18-/m1/s1. The summed E-state index contributed by atoms with van der Waals surface area (Å²) in [6, 6.07) is 14.0. The highest BCUT2D eigenvalue weighted by atomic mass is 32.1. The molecule has 1 aromatic heterocycles. The van der Waals surface area contributed by atoms with Crippen LogP contribution >= 0.6 is 11.3 Å². The fourth-order valence-corrected chi connectivity index (χ4v) is 4.42. The predicted octanol–water partition coefficient (Wildman–Crippen LogP) is 4.05. The zero-order valence-corrected chi connectivity index (χ0v) is 14.4. The number of carbonyl (C=O) groups is 1. The Bertz CT molecular complexity index is 920. The van der Waals surface area contributed by atoms with Gasteiger partial charge in [0.2, 0.25) is 0 Å². The van der Waals surface area contributed by atoms with E-state index < -0.39 is 0 Å². The van der Waals surface area contributed by atoms with E-state index in [0.29, 0.717) is 17.8 Å². The van der Waals surface area contributed by atoms with Crippen LogP contribution < -0.4 is 10.6 Å². The maximum atomic E-state index is 12.8. The molecule has 4 rings (SSSR count). The second-order valence-electron chi connectivity index (χ2n) is 6.21. The van der Waals surface area contributed by atoms with E-state index in [1.54, 1.807) is 11.3 Å². The summed E-state index contributed by atoms with van der Waals surface area (Å²) in [5, 5.41) is 13.8. The molecule has 0 amide bonds. The van der Waals surface area contributed by atoms with Gasteiger partial charge in [0, 0.05) is 23.4 Å². The summed E-state index contributed by atoms with van der Waals surface area (Å²) in [5.41, 5.74) is 10.4. The SMILES string of the molecule is N#CC1=C(N)N(c2ccccc2)C2=C(C(=O)CCC2)[C@@H]1c1ccsc1. The molecule has 1 aliphatic carbocycles. The molecule has 0 spiro atoms. The van der Waals surface area contributed by atoms with Crippen molar-refractivity contribution in [1.82, 2.24) is 0 Å². The number of para-hydroxylation sites is 1. The largest absolute Gasteiger partial charge is 0.384 e. The molecule has 1 aliphatic heterocycles. The fourth-order valence-electron chi connectivity index (χ4n) is 3.73. The first-order valence-corrected chi connectivity index (χ1v) is 9.20. The van der Waals surface area contributed by atoms with Crippen molar-refractivity contribution in [2.45, 2.75) is 25.2 Å². The Morgan fingerprint density at radius 3 is 2.68 bits per heavy atom. The topological polar surface area (TPSA) is 70.1 Å². The maximum Gasteiger partial charge on any atom is 0.161 e. The Morgan fingerprint density at radius 2 is 2.00 bits per heavy atom. The first kappa shape index (κ1) is 15.7. The van der Waals surface area contributed by atoms with Crippen LogP contribution in [0, 0.1) is 11.3 Å². The Kier molecular flexibility index (Phi) is 3.90. The zero-order chi connectivity index (χ0) is 17.4. The number of nitriles is 1. The summed E-state index contributed by atoms with van der Waals surface area (Å²) < 4.78 is 0. The lowest BCUT2D eigenvalue weighted by molar-refractivity contribution is -0.116. The van der Waals surface area contributed by atoms with Crippen LogP contribution in [0.1, 0.15) is 30.7 Å². The number of allylic oxidation sites excluding steroid dienone is 3. The lowest BCUT2D eigenvalue weighted by Gasteiger charge is -2.39. The van der Waals surface area contributed by atoms with Gasteiger partial charge in [-0.3, -0.25) is 9.69 Å². The van der Waals surface area contributed by atoms with Crippen LogP contribution in [0.5, 0.6) is 0 Å². The first-order chi connectivity index (χ1) is 12.2. The lowest BCUT2D eigenvalue weighted by atomic mass is 9.76. The van der Waals surface area contributed by atoms with Gasteiger partial charge >= 0.3 is 0 Å². The van der Waals surface area contributed by atoms with Crippen LogP contribution in [0.4, 0.5) is 5.69 Å². The number of benzene rings is 1. The summed E-state index contributed by atoms with van der Waals surface area (Å²) in [4.78, 5) is 14.7. The van der Waals surface area contributed by atoms with Crippen molar-refractivity contribution in [1.29, 1.82) is 5.26 Å².